The number of anilines is 1. The molecule has 0 amide bonds. The van der Waals surface area contributed by atoms with E-state index in [0.29, 0.717) is 28.0 Å². The first-order chi connectivity index (χ1) is 17.7. The van der Waals surface area contributed by atoms with Gasteiger partial charge in [-0.25, -0.2) is 18.4 Å². The Labute approximate surface area is 221 Å². The van der Waals surface area contributed by atoms with E-state index < -0.39 is 21.4 Å². The van der Waals surface area contributed by atoms with Crippen LogP contribution in [-0.4, -0.2) is 65.8 Å². The first-order valence-corrected chi connectivity index (χ1v) is 13.4. The lowest BCUT2D eigenvalue weighted by Gasteiger charge is -2.23. The third-order valence-corrected chi connectivity index (χ3v) is 7.61. The Morgan fingerprint density at radius 1 is 1.05 bits per heavy atom. The van der Waals surface area contributed by atoms with Gasteiger partial charge in [-0.3, -0.25) is 9.29 Å². The minimum Gasteiger partial charge on any atom is -0.494 e. The maximum Gasteiger partial charge on any atom is 0.243 e. The number of halogens is 1. The van der Waals surface area contributed by atoms with Gasteiger partial charge in [0.2, 0.25) is 16.0 Å². The summed E-state index contributed by atoms with van der Waals surface area (Å²) in [4.78, 5) is 8.22. The van der Waals surface area contributed by atoms with Crippen molar-refractivity contribution >= 4 is 27.6 Å². The van der Waals surface area contributed by atoms with Crippen LogP contribution in [0, 0.1) is 0 Å². The summed E-state index contributed by atoms with van der Waals surface area (Å²) in [6.45, 7) is 5.47. The predicted molar refractivity (Wildman–Crippen MR) is 138 cm³/mol. The van der Waals surface area contributed by atoms with E-state index in [0.717, 1.165) is 6.42 Å². The zero-order valence-corrected chi connectivity index (χ0v) is 23.1. The van der Waals surface area contributed by atoms with Crippen LogP contribution in [0.5, 0.6) is 11.5 Å². The Kier molecular flexibility index (Phi) is 9.65. The molecule has 1 aromatic carbocycles. The summed E-state index contributed by atoms with van der Waals surface area (Å²) in [7, 11) is 0.266. The summed E-state index contributed by atoms with van der Waals surface area (Å²) in [5, 5.41) is 7.53. The predicted octanol–water partition coefficient (Wildman–Crippen LogP) is 3.56. The second-order valence-corrected chi connectivity index (χ2v) is 10.6. The summed E-state index contributed by atoms with van der Waals surface area (Å²) >= 11 is 5.87. The summed E-state index contributed by atoms with van der Waals surface area (Å²) in [5.41, 5.74) is 0.412. The molecule has 37 heavy (non-hydrogen) atoms. The molecule has 12 nitrogen and oxygen atoms in total. The van der Waals surface area contributed by atoms with E-state index in [4.69, 9.17) is 30.5 Å². The Morgan fingerprint density at radius 3 is 2.22 bits per heavy atom. The Balaban J connectivity index is 2.06. The molecule has 3 rings (SSSR count). The quantitative estimate of drug-likeness (QED) is 0.333. The zero-order chi connectivity index (χ0) is 27.2. The van der Waals surface area contributed by atoms with Gasteiger partial charge in [0.1, 0.15) is 35.1 Å². The molecule has 0 spiro atoms. The van der Waals surface area contributed by atoms with Gasteiger partial charge in [0, 0.05) is 19.5 Å². The molecule has 0 aliphatic carbocycles. The average molecular weight is 555 g/mol. The van der Waals surface area contributed by atoms with Crippen LogP contribution in [-0.2, 0) is 26.1 Å². The molecule has 0 aliphatic heterocycles. The molecule has 202 valence electrons. The van der Waals surface area contributed by atoms with Gasteiger partial charge in [-0.15, -0.1) is 10.2 Å². The van der Waals surface area contributed by atoms with Crippen molar-refractivity contribution in [3.8, 4) is 17.2 Å². The number of nitrogens with zero attached hydrogens (tertiary/aromatic N) is 5. The highest BCUT2D eigenvalue weighted by Crippen LogP contribution is 2.36. The third kappa shape index (κ3) is 6.47. The summed E-state index contributed by atoms with van der Waals surface area (Å²) in [6.07, 6.45) is 2.49. The van der Waals surface area contributed by atoms with Gasteiger partial charge in [0.25, 0.3) is 0 Å². The largest absolute Gasteiger partial charge is 0.494 e. The fraction of sp³-hybridized carbons (Fsp3) is 0.478. The van der Waals surface area contributed by atoms with Gasteiger partial charge in [0.15, 0.2) is 11.6 Å². The zero-order valence-electron chi connectivity index (χ0n) is 21.5. The number of sulfonamides is 1. The molecule has 3 aromatic rings. The second kappa shape index (κ2) is 12.5. The van der Waals surface area contributed by atoms with Crippen LogP contribution in [0.4, 0.5) is 5.95 Å². The highest BCUT2D eigenvalue weighted by molar-refractivity contribution is 7.93. The number of ether oxygens (including phenoxy) is 4. The summed E-state index contributed by atoms with van der Waals surface area (Å²) < 4.78 is 53.5. The highest BCUT2D eigenvalue weighted by Gasteiger charge is 2.35. The van der Waals surface area contributed by atoms with Gasteiger partial charge < -0.3 is 18.9 Å². The van der Waals surface area contributed by atoms with E-state index in [2.05, 4.69) is 24.9 Å². The van der Waals surface area contributed by atoms with Gasteiger partial charge in [-0.1, -0.05) is 24.6 Å². The Morgan fingerprint density at radius 2 is 1.68 bits per heavy atom. The number of aromatic nitrogens is 5. The van der Waals surface area contributed by atoms with Crippen molar-refractivity contribution in [2.45, 2.75) is 51.3 Å². The third-order valence-electron chi connectivity index (χ3n) is 5.73. The average Bonchev–Trinajstić information content (AvgIpc) is 3.28. The fourth-order valence-corrected chi connectivity index (χ4v) is 4.69. The van der Waals surface area contributed by atoms with Crippen molar-refractivity contribution in [1.29, 1.82) is 0 Å². The number of nitrogens with one attached hydrogen (secondary N) is 1. The number of hydrogen-bond acceptors (Lipinski definition) is 10. The second-order valence-electron chi connectivity index (χ2n) is 8.08. The molecule has 14 heteroatoms. The Hall–Kier alpha value is -3.00. The first kappa shape index (κ1) is 28.6. The SMILES string of the molecule is CC[C@H](C)OCc1nnc(NS(=O)(=O)[C@@H](C)[C@H](OC)c2ncc(Cl)cn2)n1-c1c(OC)cccc1OC. The first-order valence-electron chi connectivity index (χ1n) is 11.5. The van der Waals surface area contributed by atoms with Crippen LogP contribution >= 0.6 is 11.6 Å². The molecule has 0 fully saturated rings. The molecule has 0 bridgehead atoms. The van der Waals surface area contributed by atoms with Crippen LogP contribution in [0.2, 0.25) is 5.02 Å². The summed E-state index contributed by atoms with van der Waals surface area (Å²) in [5.74, 6) is 1.27. The normalized spacial score (nSPS) is 14.1. The van der Waals surface area contributed by atoms with Gasteiger partial charge in [0.05, 0.1) is 25.3 Å². The maximum absolute atomic E-state index is 13.5. The maximum atomic E-state index is 13.5. The topological polar surface area (TPSA) is 140 Å². The Bertz CT molecular complexity index is 1270. The molecule has 1 N–H and O–H groups in total. The molecular weight excluding hydrogens is 524 g/mol. The molecule has 0 saturated heterocycles. The summed E-state index contributed by atoms with van der Waals surface area (Å²) in [6, 6.07) is 5.19. The molecule has 3 atom stereocenters. The number of hydrogen-bond donors (Lipinski definition) is 1. The van der Waals surface area contributed by atoms with Crippen LogP contribution in [0.15, 0.2) is 30.6 Å². The van der Waals surface area contributed by atoms with E-state index >= 15 is 0 Å². The molecule has 2 aromatic heterocycles. The van der Waals surface area contributed by atoms with Gasteiger partial charge >= 0.3 is 0 Å². The number of rotatable bonds is 13. The molecule has 0 radical (unpaired) electrons. The van der Waals surface area contributed by atoms with E-state index in [9.17, 15) is 8.42 Å². The minimum absolute atomic E-state index is 0.0493. The van der Waals surface area contributed by atoms with E-state index in [1.807, 2.05) is 13.8 Å². The van der Waals surface area contributed by atoms with Crippen molar-refractivity contribution in [3.63, 3.8) is 0 Å². The van der Waals surface area contributed by atoms with Crippen molar-refractivity contribution in [3.05, 3.63) is 47.3 Å². The van der Waals surface area contributed by atoms with Crippen LogP contribution in [0.3, 0.4) is 0 Å². The van der Waals surface area contributed by atoms with Crippen molar-refractivity contribution in [2.24, 2.45) is 0 Å². The fourth-order valence-electron chi connectivity index (χ4n) is 3.46. The minimum atomic E-state index is -4.11. The van der Waals surface area contributed by atoms with Gasteiger partial charge in [-0.05, 0) is 32.4 Å². The smallest absolute Gasteiger partial charge is 0.243 e. The molecule has 2 heterocycles. The standard InChI is InChI=1S/C23H31ClN6O6S/c1-7-14(2)36-13-19-27-28-23(30(19)20-17(33-4)9-8-10-18(20)34-5)29-37(31,32)15(3)21(35-6)22-25-11-16(24)12-26-22/h8-12,14-15,21H,7,13H2,1-6H3,(H,28,29)/t14-,15-,21-/m0/s1. The lowest BCUT2D eigenvalue weighted by Crippen LogP contribution is -2.33. The molecule has 0 saturated carbocycles. The van der Waals surface area contributed by atoms with E-state index in [1.165, 1.54) is 45.2 Å². The number of benzene rings is 1. The van der Waals surface area contributed by atoms with Crippen molar-refractivity contribution in [2.75, 3.05) is 26.1 Å². The van der Waals surface area contributed by atoms with E-state index in [-0.39, 0.29) is 24.5 Å². The van der Waals surface area contributed by atoms with Gasteiger partial charge in [-0.2, -0.15) is 0 Å². The van der Waals surface area contributed by atoms with Crippen molar-refractivity contribution in [1.82, 2.24) is 24.7 Å². The monoisotopic (exact) mass is 554 g/mol. The van der Waals surface area contributed by atoms with Crippen LogP contribution in [0.25, 0.3) is 5.69 Å². The lowest BCUT2D eigenvalue weighted by molar-refractivity contribution is 0.0459. The lowest BCUT2D eigenvalue weighted by atomic mass is 10.2. The van der Waals surface area contributed by atoms with Crippen LogP contribution < -0.4 is 14.2 Å². The number of methoxy groups -OCH3 is 3. The molecule has 0 unspecified atom stereocenters. The number of para-hydroxylation sites is 1. The highest BCUT2D eigenvalue weighted by atomic mass is 35.5. The molecule has 0 aliphatic rings. The van der Waals surface area contributed by atoms with Crippen LogP contribution in [0.1, 0.15) is 44.9 Å². The molecular formula is C23H31ClN6O6S. The van der Waals surface area contributed by atoms with Crippen molar-refractivity contribution < 1.29 is 27.4 Å². The van der Waals surface area contributed by atoms with E-state index in [1.54, 1.807) is 18.2 Å².